The van der Waals surface area contributed by atoms with Crippen molar-refractivity contribution in [2.45, 2.75) is 13.3 Å². The van der Waals surface area contributed by atoms with Gasteiger partial charge in [-0.1, -0.05) is 18.2 Å². The average molecular weight is 244 g/mol. The number of aromatic nitrogens is 2. The molecule has 0 radical (unpaired) electrons. The van der Waals surface area contributed by atoms with Gasteiger partial charge in [0.15, 0.2) is 0 Å². The van der Waals surface area contributed by atoms with Crippen LogP contribution in [0.4, 0.5) is 5.82 Å². The Hall–Kier alpha value is -1.81. The Labute approximate surface area is 108 Å². The summed E-state index contributed by atoms with van der Waals surface area (Å²) in [6.45, 7) is 2.68. The SMILES string of the molecule is Cc1nn(-c2ccccc2)c(N(C)C)c1CCN. The number of hydrogen-bond acceptors (Lipinski definition) is 3. The molecule has 2 N–H and O–H groups in total. The molecule has 0 bridgehead atoms. The summed E-state index contributed by atoms with van der Waals surface area (Å²) in [6, 6.07) is 10.2. The number of rotatable bonds is 4. The number of nitrogens with two attached hydrogens (primary N) is 1. The summed E-state index contributed by atoms with van der Waals surface area (Å²) >= 11 is 0. The summed E-state index contributed by atoms with van der Waals surface area (Å²) in [5.41, 5.74) is 9.04. The van der Waals surface area contributed by atoms with E-state index in [9.17, 15) is 0 Å². The molecular formula is C14H20N4. The first-order valence-electron chi connectivity index (χ1n) is 6.16. The summed E-state index contributed by atoms with van der Waals surface area (Å²) in [6.07, 6.45) is 0.853. The van der Waals surface area contributed by atoms with Gasteiger partial charge < -0.3 is 10.6 Å². The van der Waals surface area contributed by atoms with Gasteiger partial charge >= 0.3 is 0 Å². The van der Waals surface area contributed by atoms with Gasteiger partial charge in [-0.15, -0.1) is 0 Å². The van der Waals surface area contributed by atoms with E-state index in [1.54, 1.807) is 0 Å². The lowest BCUT2D eigenvalue weighted by atomic mass is 10.1. The lowest BCUT2D eigenvalue weighted by molar-refractivity contribution is 0.840. The quantitative estimate of drug-likeness (QED) is 0.891. The number of hydrogen-bond donors (Lipinski definition) is 1. The van der Waals surface area contributed by atoms with Crippen LogP contribution in [0.1, 0.15) is 11.3 Å². The van der Waals surface area contributed by atoms with Gasteiger partial charge in [0.2, 0.25) is 0 Å². The van der Waals surface area contributed by atoms with E-state index < -0.39 is 0 Å². The molecule has 0 unspecified atom stereocenters. The van der Waals surface area contributed by atoms with Crippen LogP contribution in [0.2, 0.25) is 0 Å². The molecular weight excluding hydrogens is 224 g/mol. The highest BCUT2D eigenvalue weighted by Crippen LogP contribution is 2.25. The van der Waals surface area contributed by atoms with Gasteiger partial charge in [0.05, 0.1) is 11.4 Å². The predicted molar refractivity (Wildman–Crippen MR) is 75.4 cm³/mol. The van der Waals surface area contributed by atoms with E-state index in [-0.39, 0.29) is 0 Å². The van der Waals surface area contributed by atoms with Gasteiger partial charge in [-0.3, -0.25) is 0 Å². The molecule has 96 valence electrons. The van der Waals surface area contributed by atoms with Crippen molar-refractivity contribution in [1.29, 1.82) is 0 Å². The highest BCUT2D eigenvalue weighted by molar-refractivity contribution is 5.54. The Balaban J connectivity index is 2.58. The maximum Gasteiger partial charge on any atom is 0.135 e. The van der Waals surface area contributed by atoms with Gasteiger partial charge in [-0.25, -0.2) is 4.68 Å². The normalized spacial score (nSPS) is 10.7. The largest absolute Gasteiger partial charge is 0.362 e. The van der Waals surface area contributed by atoms with Gasteiger partial charge in [0.1, 0.15) is 5.82 Å². The Bertz CT molecular complexity index is 514. The maximum absolute atomic E-state index is 5.69. The second kappa shape index (κ2) is 5.23. The van der Waals surface area contributed by atoms with Crippen molar-refractivity contribution < 1.29 is 0 Å². The zero-order chi connectivity index (χ0) is 13.1. The first-order valence-corrected chi connectivity index (χ1v) is 6.16. The van der Waals surface area contributed by atoms with E-state index in [1.807, 2.05) is 43.9 Å². The fraction of sp³-hybridized carbons (Fsp3) is 0.357. The minimum atomic E-state index is 0.641. The third-order valence-electron chi connectivity index (χ3n) is 2.98. The molecule has 18 heavy (non-hydrogen) atoms. The minimum absolute atomic E-state index is 0.641. The topological polar surface area (TPSA) is 47.1 Å². The van der Waals surface area contributed by atoms with E-state index in [0.717, 1.165) is 23.6 Å². The van der Waals surface area contributed by atoms with Gasteiger partial charge in [0.25, 0.3) is 0 Å². The fourth-order valence-electron chi connectivity index (χ4n) is 2.19. The highest BCUT2D eigenvalue weighted by atomic mass is 15.4. The minimum Gasteiger partial charge on any atom is -0.362 e. The van der Waals surface area contributed by atoms with E-state index in [0.29, 0.717) is 6.54 Å². The Kier molecular flexibility index (Phi) is 3.67. The molecule has 0 saturated heterocycles. The van der Waals surface area contributed by atoms with Gasteiger partial charge in [-0.2, -0.15) is 5.10 Å². The second-order valence-electron chi connectivity index (χ2n) is 4.57. The summed E-state index contributed by atoms with van der Waals surface area (Å²) < 4.78 is 1.99. The van der Waals surface area contributed by atoms with Crippen LogP contribution in [0.5, 0.6) is 0 Å². The van der Waals surface area contributed by atoms with Crippen molar-refractivity contribution in [2.24, 2.45) is 5.73 Å². The van der Waals surface area contributed by atoms with Crippen LogP contribution in [0.3, 0.4) is 0 Å². The zero-order valence-electron chi connectivity index (χ0n) is 11.2. The molecule has 4 heteroatoms. The standard InChI is InChI=1S/C14H20N4/c1-11-13(9-10-15)14(17(2)3)18(16-11)12-7-5-4-6-8-12/h4-8H,9-10,15H2,1-3H3. The number of anilines is 1. The monoisotopic (exact) mass is 244 g/mol. The van der Waals surface area contributed by atoms with Crippen LogP contribution in [0, 0.1) is 6.92 Å². The lowest BCUT2D eigenvalue weighted by Gasteiger charge is -2.17. The zero-order valence-corrected chi connectivity index (χ0v) is 11.2. The summed E-state index contributed by atoms with van der Waals surface area (Å²) in [5.74, 6) is 1.11. The van der Waals surface area contributed by atoms with Crippen LogP contribution >= 0.6 is 0 Å². The van der Waals surface area contributed by atoms with Gasteiger partial charge in [0, 0.05) is 19.7 Å². The molecule has 2 rings (SSSR count). The molecule has 1 aromatic heterocycles. The van der Waals surface area contributed by atoms with Crippen LogP contribution in [0.25, 0.3) is 5.69 Å². The first kappa shape index (κ1) is 12.6. The fourth-order valence-corrected chi connectivity index (χ4v) is 2.19. The van der Waals surface area contributed by atoms with Crippen molar-refractivity contribution in [2.75, 3.05) is 25.5 Å². The molecule has 0 spiro atoms. The number of aryl methyl sites for hydroxylation is 1. The number of nitrogens with zero attached hydrogens (tertiary/aromatic N) is 3. The Morgan fingerprint density at radius 2 is 1.89 bits per heavy atom. The molecule has 2 aromatic rings. The number of para-hydroxylation sites is 1. The third kappa shape index (κ3) is 2.24. The number of benzene rings is 1. The molecule has 0 aliphatic rings. The van der Waals surface area contributed by atoms with E-state index in [1.165, 1.54) is 5.56 Å². The molecule has 0 fully saturated rings. The Morgan fingerprint density at radius 1 is 1.22 bits per heavy atom. The van der Waals surface area contributed by atoms with E-state index in [2.05, 4.69) is 22.1 Å². The smallest absolute Gasteiger partial charge is 0.135 e. The Morgan fingerprint density at radius 3 is 2.44 bits per heavy atom. The third-order valence-corrected chi connectivity index (χ3v) is 2.98. The first-order chi connectivity index (χ1) is 8.65. The van der Waals surface area contributed by atoms with Crippen LogP contribution in [-0.2, 0) is 6.42 Å². The molecule has 0 atom stereocenters. The molecule has 0 aliphatic carbocycles. The van der Waals surface area contributed by atoms with Crippen molar-refractivity contribution in [3.05, 3.63) is 41.6 Å². The molecule has 0 aliphatic heterocycles. The molecule has 0 saturated carbocycles. The molecule has 1 aromatic carbocycles. The lowest BCUT2D eigenvalue weighted by Crippen LogP contribution is -2.17. The van der Waals surface area contributed by atoms with Gasteiger partial charge in [-0.05, 0) is 32.0 Å². The van der Waals surface area contributed by atoms with Crippen LogP contribution in [-0.4, -0.2) is 30.4 Å². The van der Waals surface area contributed by atoms with Crippen molar-refractivity contribution >= 4 is 5.82 Å². The van der Waals surface area contributed by atoms with Crippen molar-refractivity contribution in [3.63, 3.8) is 0 Å². The summed E-state index contributed by atoms with van der Waals surface area (Å²) in [5, 5.41) is 4.64. The average Bonchev–Trinajstić information content (AvgIpc) is 2.69. The highest BCUT2D eigenvalue weighted by Gasteiger charge is 2.17. The second-order valence-corrected chi connectivity index (χ2v) is 4.57. The summed E-state index contributed by atoms with van der Waals surface area (Å²) in [7, 11) is 4.08. The summed E-state index contributed by atoms with van der Waals surface area (Å²) in [4.78, 5) is 2.10. The van der Waals surface area contributed by atoms with E-state index in [4.69, 9.17) is 5.73 Å². The van der Waals surface area contributed by atoms with E-state index >= 15 is 0 Å². The molecule has 0 amide bonds. The molecule has 1 heterocycles. The van der Waals surface area contributed by atoms with Crippen LogP contribution < -0.4 is 10.6 Å². The molecule has 4 nitrogen and oxygen atoms in total. The van der Waals surface area contributed by atoms with Crippen molar-refractivity contribution in [1.82, 2.24) is 9.78 Å². The predicted octanol–water partition coefficient (Wildman–Crippen LogP) is 1.75. The maximum atomic E-state index is 5.69. The van der Waals surface area contributed by atoms with Crippen LogP contribution in [0.15, 0.2) is 30.3 Å². The van der Waals surface area contributed by atoms with Crippen molar-refractivity contribution in [3.8, 4) is 5.69 Å².